The van der Waals surface area contributed by atoms with Crippen molar-refractivity contribution in [1.29, 1.82) is 0 Å². The van der Waals surface area contributed by atoms with Crippen LogP contribution in [-0.2, 0) is 14.3 Å². The molecule has 0 bridgehead atoms. The number of hydrogen-bond acceptors (Lipinski definition) is 8. The molecular weight excluding hydrogens is 236 g/mol. The average Bonchev–Trinajstić information content (AvgIpc) is 2.62. The fourth-order valence-corrected chi connectivity index (χ4v) is 1.20. The van der Waals surface area contributed by atoms with Crippen molar-refractivity contribution in [3.05, 3.63) is 11.5 Å². The van der Waals surface area contributed by atoms with Crippen LogP contribution in [0.4, 0.5) is 0 Å². The summed E-state index contributed by atoms with van der Waals surface area (Å²) in [7, 11) is 0. The number of aliphatic hydroxyl groups excluding tert-OH is 5. The maximum Gasteiger partial charge on any atom is 0.378 e. The minimum Gasteiger partial charge on any atom is -0.499 e. The number of carbonyl (C=O) groups is 1. The van der Waals surface area contributed by atoms with E-state index in [9.17, 15) is 15.0 Å². The lowest BCUT2D eigenvalue weighted by Crippen LogP contribution is -2.33. The standard InChI is InChI=1S/C9H14O8/c10-1-4(12)3-16-8-6(14)9(15)17-7(8)5(13)2-11/h4-5,7,10-14H,1-3H2/t4?,5?,7-/m1/s1. The lowest BCUT2D eigenvalue weighted by molar-refractivity contribution is -0.148. The Labute approximate surface area is 96.3 Å². The Morgan fingerprint density at radius 3 is 2.47 bits per heavy atom. The molecule has 0 saturated carbocycles. The molecule has 1 heterocycles. The lowest BCUT2D eigenvalue weighted by atomic mass is 10.2. The molecule has 1 aliphatic rings. The normalized spacial score (nSPS) is 23.5. The van der Waals surface area contributed by atoms with E-state index in [1.807, 2.05) is 0 Å². The molecular formula is C9H14O8. The highest BCUT2D eigenvalue weighted by molar-refractivity contribution is 5.89. The van der Waals surface area contributed by atoms with Gasteiger partial charge < -0.3 is 35.0 Å². The van der Waals surface area contributed by atoms with Crippen molar-refractivity contribution in [2.45, 2.75) is 18.3 Å². The van der Waals surface area contributed by atoms with Gasteiger partial charge in [-0.05, 0) is 0 Å². The SMILES string of the molecule is O=C1O[C@H](C(O)CO)C(OCC(O)CO)=C1O. The number of carbonyl (C=O) groups excluding carboxylic acids is 1. The molecule has 0 aromatic heterocycles. The van der Waals surface area contributed by atoms with Crippen LogP contribution in [-0.4, -0.2) is 69.6 Å². The number of rotatable bonds is 6. The summed E-state index contributed by atoms with van der Waals surface area (Å²) in [6, 6.07) is 0. The van der Waals surface area contributed by atoms with Gasteiger partial charge in [-0.3, -0.25) is 0 Å². The Hall–Kier alpha value is -1.35. The van der Waals surface area contributed by atoms with Crippen molar-refractivity contribution in [2.75, 3.05) is 19.8 Å². The molecule has 98 valence electrons. The van der Waals surface area contributed by atoms with Crippen molar-refractivity contribution < 1.29 is 39.8 Å². The zero-order valence-corrected chi connectivity index (χ0v) is 8.81. The zero-order chi connectivity index (χ0) is 13.0. The van der Waals surface area contributed by atoms with Gasteiger partial charge in [0, 0.05) is 0 Å². The van der Waals surface area contributed by atoms with Gasteiger partial charge in [0.2, 0.25) is 5.76 Å². The van der Waals surface area contributed by atoms with Gasteiger partial charge in [-0.15, -0.1) is 0 Å². The second-order valence-corrected chi connectivity index (χ2v) is 3.44. The molecule has 1 rings (SSSR count). The molecule has 17 heavy (non-hydrogen) atoms. The highest BCUT2D eigenvalue weighted by Crippen LogP contribution is 2.24. The first-order valence-corrected chi connectivity index (χ1v) is 4.86. The second-order valence-electron chi connectivity index (χ2n) is 3.44. The summed E-state index contributed by atoms with van der Waals surface area (Å²) in [6.07, 6.45) is -3.96. The fourth-order valence-electron chi connectivity index (χ4n) is 1.20. The van der Waals surface area contributed by atoms with Gasteiger partial charge >= 0.3 is 5.97 Å². The van der Waals surface area contributed by atoms with Gasteiger partial charge in [-0.1, -0.05) is 0 Å². The van der Waals surface area contributed by atoms with E-state index in [4.69, 9.17) is 20.1 Å². The van der Waals surface area contributed by atoms with E-state index >= 15 is 0 Å². The van der Waals surface area contributed by atoms with E-state index in [0.29, 0.717) is 0 Å². The first-order valence-electron chi connectivity index (χ1n) is 4.86. The van der Waals surface area contributed by atoms with Gasteiger partial charge in [0.05, 0.1) is 13.2 Å². The number of cyclic esters (lactones) is 1. The molecule has 8 nitrogen and oxygen atoms in total. The monoisotopic (exact) mass is 250 g/mol. The predicted octanol–water partition coefficient (Wildman–Crippen LogP) is -2.60. The Morgan fingerprint density at radius 1 is 1.29 bits per heavy atom. The molecule has 0 aromatic rings. The molecule has 0 saturated heterocycles. The van der Waals surface area contributed by atoms with Crippen molar-refractivity contribution in [2.24, 2.45) is 0 Å². The third kappa shape index (κ3) is 3.07. The Bertz CT molecular complexity index is 312. The van der Waals surface area contributed by atoms with Gasteiger partial charge in [0.1, 0.15) is 18.8 Å². The van der Waals surface area contributed by atoms with Gasteiger partial charge in [-0.25, -0.2) is 4.79 Å². The van der Waals surface area contributed by atoms with Crippen LogP contribution in [0.25, 0.3) is 0 Å². The third-order valence-electron chi connectivity index (χ3n) is 2.10. The van der Waals surface area contributed by atoms with E-state index in [-0.39, 0.29) is 12.4 Å². The molecule has 1 aliphatic heterocycles. The van der Waals surface area contributed by atoms with Crippen molar-refractivity contribution >= 4 is 5.97 Å². The number of esters is 1. The van der Waals surface area contributed by atoms with Crippen molar-refractivity contribution in [3.8, 4) is 0 Å². The summed E-state index contributed by atoms with van der Waals surface area (Å²) >= 11 is 0. The maximum atomic E-state index is 11.0. The van der Waals surface area contributed by atoms with E-state index in [0.717, 1.165) is 0 Å². The summed E-state index contributed by atoms with van der Waals surface area (Å²) in [4.78, 5) is 11.0. The molecule has 5 N–H and O–H groups in total. The topological polar surface area (TPSA) is 137 Å². The predicted molar refractivity (Wildman–Crippen MR) is 51.7 cm³/mol. The lowest BCUT2D eigenvalue weighted by Gasteiger charge is -2.19. The Morgan fingerprint density at radius 2 is 1.94 bits per heavy atom. The summed E-state index contributed by atoms with van der Waals surface area (Å²) in [5.74, 6) is -2.28. The number of hydrogen-bond donors (Lipinski definition) is 5. The number of ether oxygens (including phenoxy) is 2. The van der Waals surface area contributed by atoms with E-state index in [1.165, 1.54) is 0 Å². The van der Waals surface area contributed by atoms with Crippen molar-refractivity contribution in [3.63, 3.8) is 0 Å². The highest BCUT2D eigenvalue weighted by atomic mass is 16.6. The Balaban J connectivity index is 2.72. The maximum absolute atomic E-state index is 11.0. The van der Waals surface area contributed by atoms with Crippen LogP contribution >= 0.6 is 0 Å². The third-order valence-corrected chi connectivity index (χ3v) is 2.10. The van der Waals surface area contributed by atoms with Crippen molar-refractivity contribution in [1.82, 2.24) is 0 Å². The van der Waals surface area contributed by atoms with Gasteiger partial charge in [0.15, 0.2) is 11.9 Å². The van der Waals surface area contributed by atoms with Crippen LogP contribution in [0.2, 0.25) is 0 Å². The van der Waals surface area contributed by atoms with E-state index < -0.39 is 43.3 Å². The summed E-state index contributed by atoms with van der Waals surface area (Å²) < 4.78 is 9.44. The molecule has 3 atom stereocenters. The van der Waals surface area contributed by atoms with Gasteiger partial charge in [-0.2, -0.15) is 0 Å². The van der Waals surface area contributed by atoms with E-state index in [1.54, 1.807) is 0 Å². The largest absolute Gasteiger partial charge is 0.499 e. The molecule has 0 fully saturated rings. The number of aliphatic hydroxyl groups is 5. The van der Waals surface area contributed by atoms with Crippen LogP contribution in [0.5, 0.6) is 0 Å². The molecule has 0 amide bonds. The first kappa shape index (κ1) is 13.7. The fraction of sp³-hybridized carbons (Fsp3) is 0.667. The minimum atomic E-state index is -1.44. The van der Waals surface area contributed by atoms with Crippen LogP contribution in [0.3, 0.4) is 0 Å². The van der Waals surface area contributed by atoms with Crippen LogP contribution in [0.1, 0.15) is 0 Å². The molecule has 0 radical (unpaired) electrons. The zero-order valence-electron chi connectivity index (χ0n) is 8.81. The molecule has 0 aliphatic carbocycles. The first-order chi connectivity index (χ1) is 8.01. The molecule has 0 spiro atoms. The second kappa shape index (κ2) is 5.82. The van der Waals surface area contributed by atoms with Crippen LogP contribution in [0, 0.1) is 0 Å². The Kier molecular flexibility index (Phi) is 4.70. The molecule has 2 unspecified atom stereocenters. The highest BCUT2D eigenvalue weighted by Gasteiger charge is 2.40. The molecule has 0 aromatic carbocycles. The van der Waals surface area contributed by atoms with Crippen LogP contribution < -0.4 is 0 Å². The van der Waals surface area contributed by atoms with E-state index in [2.05, 4.69) is 4.74 Å². The smallest absolute Gasteiger partial charge is 0.378 e. The summed E-state index contributed by atoms with van der Waals surface area (Å²) in [5, 5.41) is 44.9. The minimum absolute atomic E-state index is 0.371. The average molecular weight is 250 g/mol. The summed E-state index contributed by atoms with van der Waals surface area (Å²) in [5.41, 5.74) is 0. The van der Waals surface area contributed by atoms with Crippen LogP contribution in [0.15, 0.2) is 11.5 Å². The summed E-state index contributed by atoms with van der Waals surface area (Å²) in [6.45, 7) is -1.64. The van der Waals surface area contributed by atoms with Gasteiger partial charge in [0.25, 0.3) is 0 Å². The quantitative estimate of drug-likeness (QED) is 0.324. The molecule has 8 heteroatoms.